The fourth-order valence-electron chi connectivity index (χ4n) is 3.99. The quantitative estimate of drug-likeness (QED) is 0.925. The highest BCUT2D eigenvalue weighted by Gasteiger charge is 2.30. The van der Waals surface area contributed by atoms with Gasteiger partial charge in [-0.3, -0.25) is 9.69 Å². The lowest BCUT2D eigenvalue weighted by Crippen LogP contribution is -2.45. The molecule has 3 atom stereocenters. The average molecular weight is 329 g/mol. The van der Waals surface area contributed by atoms with Gasteiger partial charge in [0.1, 0.15) is 0 Å². The maximum Gasteiger partial charge on any atom is 0.225 e. The molecule has 24 heavy (non-hydrogen) atoms. The molecule has 4 nitrogen and oxygen atoms in total. The lowest BCUT2D eigenvalue weighted by Gasteiger charge is -2.31. The van der Waals surface area contributed by atoms with Crippen molar-refractivity contribution in [2.24, 2.45) is 5.92 Å². The number of rotatable bonds is 3. The summed E-state index contributed by atoms with van der Waals surface area (Å²) in [6.45, 7) is 9.19. The molecule has 1 unspecified atom stereocenters. The molecule has 0 saturated carbocycles. The number of benzene rings is 1. The molecule has 1 aromatic rings. The maximum atomic E-state index is 12.9. The predicted octanol–water partition coefficient (Wildman–Crippen LogP) is 2.50. The largest absolute Gasteiger partial charge is 0.341 e. The van der Waals surface area contributed by atoms with Crippen LogP contribution in [-0.2, 0) is 11.3 Å². The van der Waals surface area contributed by atoms with Gasteiger partial charge in [0.25, 0.3) is 0 Å². The Labute approximate surface area is 146 Å². The van der Waals surface area contributed by atoms with E-state index in [0.29, 0.717) is 18.0 Å². The second kappa shape index (κ2) is 8.13. The molecular formula is C20H31N3O. The lowest BCUT2D eigenvalue weighted by atomic mass is 9.92. The van der Waals surface area contributed by atoms with Crippen molar-refractivity contribution in [3.8, 4) is 0 Å². The third-order valence-corrected chi connectivity index (χ3v) is 5.61. The summed E-state index contributed by atoms with van der Waals surface area (Å²) in [6, 6.07) is 11.6. The summed E-state index contributed by atoms with van der Waals surface area (Å²) in [5.74, 6) is 0.606. The number of carbonyl (C=O) groups excluding carboxylic acids is 1. The summed E-state index contributed by atoms with van der Waals surface area (Å²) in [7, 11) is 0. The summed E-state index contributed by atoms with van der Waals surface area (Å²) in [6.07, 6.45) is 3.04. The van der Waals surface area contributed by atoms with E-state index in [4.69, 9.17) is 0 Å². The number of amides is 1. The highest BCUT2D eigenvalue weighted by molar-refractivity contribution is 5.79. The van der Waals surface area contributed by atoms with E-state index in [1.807, 2.05) is 0 Å². The summed E-state index contributed by atoms with van der Waals surface area (Å²) in [5, 5.41) is 3.44. The van der Waals surface area contributed by atoms with Gasteiger partial charge in [0.15, 0.2) is 0 Å². The van der Waals surface area contributed by atoms with Gasteiger partial charge in [0, 0.05) is 44.2 Å². The Bertz CT molecular complexity index is 533. The topological polar surface area (TPSA) is 35.6 Å². The third kappa shape index (κ3) is 4.37. The van der Waals surface area contributed by atoms with Crippen LogP contribution >= 0.6 is 0 Å². The molecular weight excluding hydrogens is 298 g/mol. The molecule has 2 aliphatic heterocycles. The number of hydrogen-bond donors (Lipinski definition) is 1. The van der Waals surface area contributed by atoms with Gasteiger partial charge in [-0.15, -0.1) is 0 Å². The standard InChI is InChI=1S/C20H31N3O/c1-16-14-19(8-10-21-16)20(24)22-11-9-17(2)23(13-12-22)15-18-6-4-3-5-7-18/h3-7,16-17,19,21H,8-15H2,1-2H3/t16-,17?,19-/m0/s1. The van der Waals surface area contributed by atoms with Gasteiger partial charge < -0.3 is 10.2 Å². The Balaban J connectivity index is 1.58. The highest BCUT2D eigenvalue weighted by atomic mass is 16.2. The zero-order valence-electron chi connectivity index (χ0n) is 15.1. The van der Waals surface area contributed by atoms with Crippen LogP contribution in [0.5, 0.6) is 0 Å². The maximum absolute atomic E-state index is 12.9. The Kier molecular flexibility index (Phi) is 5.90. The molecule has 2 aliphatic rings. The van der Waals surface area contributed by atoms with Gasteiger partial charge in [-0.1, -0.05) is 30.3 Å². The summed E-state index contributed by atoms with van der Waals surface area (Å²) in [4.78, 5) is 17.6. The predicted molar refractivity (Wildman–Crippen MR) is 97.7 cm³/mol. The van der Waals surface area contributed by atoms with Crippen molar-refractivity contribution in [1.29, 1.82) is 0 Å². The van der Waals surface area contributed by atoms with Crippen molar-refractivity contribution >= 4 is 5.91 Å². The molecule has 0 spiro atoms. The minimum Gasteiger partial charge on any atom is -0.341 e. The molecule has 2 saturated heterocycles. The normalized spacial score (nSPS) is 29.2. The first-order valence-electron chi connectivity index (χ1n) is 9.43. The van der Waals surface area contributed by atoms with E-state index in [2.05, 4.69) is 59.3 Å². The van der Waals surface area contributed by atoms with Crippen molar-refractivity contribution < 1.29 is 4.79 Å². The minimum atomic E-state index is 0.220. The van der Waals surface area contributed by atoms with Crippen LogP contribution in [0, 0.1) is 5.92 Å². The molecule has 2 heterocycles. The van der Waals surface area contributed by atoms with E-state index >= 15 is 0 Å². The molecule has 0 aromatic heterocycles. The zero-order valence-corrected chi connectivity index (χ0v) is 15.1. The van der Waals surface area contributed by atoms with Crippen LogP contribution in [0.15, 0.2) is 30.3 Å². The molecule has 2 fully saturated rings. The highest BCUT2D eigenvalue weighted by Crippen LogP contribution is 2.21. The summed E-state index contributed by atoms with van der Waals surface area (Å²) >= 11 is 0. The van der Waals surface area contributed by atoms with Crippen LogP contribution in [0.4, 0.5) is 0 Å². The van der Waals surface area contributed by atoms with E-state index in [1.165, 1.54) is 5.56 Å². The summed E-state index contributed by atoms with van der Waals surface area (Å²) < 4.78 is 0. The first-order chi connectivity index (χ1) is 11.6. The second-order valence-corrected chi connectivity index (χ2v) is 7.50. The molecule has 3 rings (SSSR count). The van der Waals surface area contributed by atoms with Gasteiger partial charge in [0.05, 0.1) is 0 Å². The van der Waals surface area contributed by atoms with Crippen molar-refractivity contribution in [3.63, 3.8) is 0 Å². The molecule has 1 aromatic carbocycles. The molecule has 0 aliphatic carbocycles. The molecule has 0 radical (unpaired) electrons. The van der Waals surface area contributed by atoms with Gasteiger partial charge in [-0.05, 0) is 45.2 Å². The number of piperidine rings is 1. The van der Waals surface area contributed by atoms with Crippen molar-refractivity contribution in [3.05, 3.63) is 35.9 Å². The first kappa shape index (κ1) is 17.4. The van der Waals surface area contributed by atoms with E-state index in [1.54, 1.807) is 0 Å². The van der Waals surface area contributed by atoms with Crippen molar-refractivity contribution in [1.82, 2.24) is 15.1 Å². The number of carbonyl (C=O) groups is 1. The average Bonchev–Trinajstić information content (AvgIpc) is 2.78. The molecule has 0 bridgehead atoms. The second-order valence-electron chi connectivity index (χ2n) is 7.50. The van der Waals surface area contributed by atoms with Gasteiger partial charge in [-0.25, -0.2) is 0 Å². The number of hydrogen-bond acceptors (Lipinski definition) is 3. The smallest absolute Gasteiger partial charge is 0.225 e. The van der Waals surface area contributed by atoms with Crippen LogP contribution in [0.1, 0.15) is 38.7 Å². The molecule has 4 heteroatoms. The van der Waals surface area contributed by atoms with E-state index in [0.717, 1.165) is 52.0 Å². The van der Waals surface area contributed by atoms with Gasteiger partial charge >= 0.3 is 0 Å². The first-order valence-corrected chi connectivity index (χ1v) is 9.43. The SMILES string of the molecule is CC1CCN(C(=O)[C@H]2CCN[C@@H](C)C2)CCN1Cc1ccccc1. The monoisotopic (exact) mass is 329 g/mol. The molecule has 1 N–H and O–H groups in total. The van der Waals surface area contributed by atoms with Crippen molar-refractivity contribution in [2.75, 3.05) is 26.2 Å². The molecule has 132 valence electrons. The van der Waals surface area contributed by atoms with E-state index in [-0.39, 0.29) is 5.92 Å². The Morgan fingerprint density at radius 3 is 2.67 bits per heavy atom. The Hall–Kier alpha value is -1.39. The summed E-state index contributed by atoms with van der Waals surface area (Å²) in [5.41, 5.74) is 1.36. The fourth-order valence-corrected chi connectivity index (χ4v) is 3.99. The van der Waals surface area contributed by atoms with Crippen LogP contribution in [0.25, 0.3) is 0 Å². The Morgan fingerprint density at radius 1 is 1.12 bits per heavy atom. The van der Waals surface area contributed by atoms with Crippen LogP contribution in [0.2, 0.25) is 0 Å². The van der Waals surface area contributed by atoms with Gasteiger partial charge in [-0.2, -0.15) is 0 Å². The van der Waals surface area contributed by atoms with E-state index < -0.39 is 0 Å². The fraction of sp³-hybridized carbons (Fsp3) is 0.650. The molecule has 1 amide bonds. The number of nitrogens with one attached hydrogen (secondary N) is 1. The Morgan fingerprint density at radius 2 is 1.92 bits per heavy atom. The number of nitrogens with zero attached hydrogens (tertiary/aromatic N) is 2. The van der Waals surface area contributed by atoms with Crippen molar-refractivity contribution in [2.45, 2.75) is 51.7 Å². The zero-order chi connectivity index (χ0) is 16.9. The van der Waals surface area contributed by atoms with Crippen LogP contribution < -0.4 is 5.32 Å². The van der Waals surface area contributed by atoms with Crippen LogP contribution in [-0.4, -0.2) is 54.0 Å². The van der Waals surface area contributed by atoms with Gasteiger partial charge in [0.2, 0.25) is 5.91 Å². The van der Waals surface area contributed by atoms with Crippen LogP contribution in [0.3, 0.4) is 0 Å². The third-order valence-electron chi connectivity index (χ3n) is 5.61. The van der Waals surface area contributed by atoms with E-state index in [9.17, 15) is 4.79 Å². The minimum absolute atomic E-state index is 0.220. The lowest BCUT2D eigenvalue weighted by molar-refractivity contribution is -0.136.